The molecule has 0 amide bonds. The summed E-state index contributed by atoms with van der Waals surface area (Å²) in [4.78, 5) is 11.4. The van der Waals surface area contributed by atoms with E-state index in [9.17, 15) is 4.79 Å². The lowest BCUT2D eigenvalue weighted by Gasteiger charge is -2.06. The first-order valence-electron chi connectivity index (χ1n) is 4.12. The van der Waals surface area contributed by atoms with Crippen LogP contribution in [0, 0.1) is 0 Å². The van der Waals surface area contributed by atoms with Crippen LogP contribution >= 0.6 is 11.6 Å². The van der Waals surface area contributed by atoms with Crippen LogP contribution in [-0.2, 0) is 7.05 Å². The van der Waals surface area contributed by atoms with Crippen molar-refractivity contribution in [3.63, 3.8) is 0 Å². The summed E-state index contributed by atoms with van der Waals surface area (Å²) in [5.74, 6) is 0. The molecule has 0 fully saturated rings. The summed E-state index contributed by atoms with van der Waals surface area (Å²) in [6.07, 6.45) is 2.41. The number of halogens is 1. The van der Waals surface area contributed by atoms with Gasteiger partial charge in [0, 0.05) is 13.6 Å². The van der Waals surface area contributed by atoms with Crippen LogP contribution in [0.4, 0.5) is 5.69 Å². The van der Waals surface area contributed by atoms with Gasteiger partial charge in [-0.1, -0.05) is 18.5 Å². The van der Waals surface area contributed by atoms with Crippen molar-refractivity contribution in [2.45, 2.75) is 13.3 Å². The standard InChI is InChI=1S/C8H12ClN3O/c1-3-4-10-7-6(9)5-11-12(2)8(7)13/h5,10H,3-4H2,1-2H3. The Labute approximate surface area is 81.5 Å². The minimum atomic E-state index is -0.194. The molecule has 5 heteroatoms. The molecular weight excluding hydrogens is 190 g/mol. The molecule has 0 saturated carbocycles. The second-order valence-electron chi connectivity index (χ2n) is 2.72. The van der Waals surface area contributed by atoms with Crippen molar-refractivity contribution < 1.29 is 0 Å². The van der Waals surface area contributed by atoms with E-state index in [2.05, 4.69) is 10.4 Å². The highest BCUT2D eigenvalue weighted by Crippen LogP contribution is 2.14. The SMILES string of the molecule is CCCNc1c(Cl)cnn(C)c1=O. The predicted molar refractivity (Wildman–Crippen MR) is 53.3 cm³/mol. The van der Waals surface area contributed by atoms with Gasteiger partial charge in [-0.25, -0.2) is 4.68 Å². The maximum atomic E-state index is 11.4. The van der Waals surface area contributed by atoms with Crippen LogP contribution in [0.3, 0.4) is 0 Å². The average Bonchev–Trinajstić information content (AvgIpc) is 2.12. The third-order valence-corrected chi connectivity index (χ3v) is 1.93. The molecule has 1 aromatic heterocycles. The molecule has 0 atom stereocenters. The molecule has 0 bridgehead atoms. The number of anilines is 1. The third kappa shape index (κ3) is 2.21. The molecule has 4 nitrogen and oxygen atoms in total. The van der Waals surface area contributed by atoms with Crippen LogP contribution in [0.5, 0.6) is 0 Å². The fourth-order valence-corrected chi connectivity index (χ4v) is 1.12. The molecule has 0 saturated heterocycles. The van der Waals surface area contributed by atoms with E-state index in [0.717, 1.165) is 13.0 Å². The van der Waals surface area contributed by atoms with Crippen LogP contribution in [0.25, 0.3) is 0 Å². The van der Waals surface area contributed by atoms with E-state index in [1.165, 1.54) is 10.9 Å². The quantitative estimate of drug-likeness (QED) is 0.801. The smallest absolute Gasteiger partial charge is 0.291 e. The predicted octanol–water partition coefficient (Wildman–Crippen LogP) is 1.26. The maximum absolute atomic E-state index is 11.4. The van der Waals surface area contributed by atoms with Crippen LogP contribution < -0.4 is 10.9 Å². The summed E-state index contributed by atoms with van der Waals surface area (Å²) < 4.78 is 1.25. The van der Waals surface area contributed by atoms with Gasteiger partial charge >= 0.3 is 0 Å². The number of rotatable bonds is 3. The summed E-state index contributed by atoms with van der Waals surface area (Å²) in [7, 11) is 1.59. The van der Waals surface area contributed by atoms with Crippen molar-refractivity contribution in [2.24, 2.45) is 7.05 Å². The minimum absolute atomic E-state index is 0.194. The maximum Gasteiger partial charge on any atom is 0.291 e. The molecule has 0 unspecified atom stereocenters. The normalized spacial score (nSPS) is 10.1. The van der Waals surface area contributed by atoms with E-state index in [0.29, 0.717) is 10.7 Å². The molecule has 0 radical (unpaired) electrons. The molecule has 1 aromatic rings. The molecule has 13 heavy (non-hydrogen) atoms. The number of hydrogen-bond donors (Lipinski definition) is 1. The summed E-state index contributed by atoms with van der Waals surface area (Å²) in [6, 6.07) is 0. The first kappa shape index (κ1) is 10.1. The summed E-state index contributed by atoms with van der Waals surface area (Å²) in [6.45, 7) is 2.76. The van der Waals surface area contributed by atoms with E-state index in [1.54, 1.807) is 7.05 Å². The Morgan fingerprint density at radius 3 is 3.00 bits per heavy atom. The van der Waals surface area contributed by atoms with Gasteiger partial charge in [-0.3, -0.25) is 4.79 Å². The highest BCUT2D eigenvalue weighted by molar-refractivity contribution is 6.32. The molecule has 1 rings (SSSR count). The van der Waals surface area contributed by atoms with Crippen LogP contribution in [0.2, 0.25) is 5.02 Å². The minimum Gasteiger partial charge on any atom is -0.379 e. The topological polar surface area (TPSA) is 46.9 Å². The molecule has 0 aliphatic carbocycles. The molecular formula is C8H12ClN3O. The lowest BCUT2D eigenvalue weighted by Crippen LogP contribution is -2.23. The zero-order valence-electron chi connectivity index (χ0n) is 7.67. The fourth-order valence-electron chi connectivity index (χ4n) is 0.928. The van der Waals surface area contributed by atoms with Crippen LogP contribution in [-0.4, -0.2) is 16.3 Å². The van der Waals surface area contributed by atoms with Gasteiger partial charge in [0.2, 0.25) is 0 Å². The molecule has 0 spiro atoms. The second kappa shape index (κ2) is 4.28. The number of nitrogens with zero attached hydrogens (tertiary/aromatic N) is 2. The monoisotopic (exact) mass is 201 g/mol. The number of hydrogen-bond acceptors (Lipinski definition) is 3. The van der Waals surface area contributed by atoms with Crippen molar-refractivity contribution in [1.82, 2.24) is 9.78 Å². The molecule has 0 aliphatic heterocycles. The molecule has 1 N–H and O–H groups in total. The zero-order chi connectivity index (χ0) is 9.84. The van der Waals surface area contributed by atoms with Gasteiger partial charge in [-0.2, -0.15) is 5.10 Å². The largest absolute Gasteiger partial charge is 0.379 e. The number of aryl methyl sites for hydroxylation is 1. The van der Waals surface area contributed by atoms with Gasteiger partial charge < -0.3 is 5.32 Å². The van der Waals surface area contributed by atoms with Crippen LogP contribution in [0.1, 0.15) is 13.3 Å². The molecule has 1 heterocycles. The van der Waals surface area contributed by atoms with E-state index >= 15 is 0 Å². The van der Waals surface area contributed by atoms with Crippen molar-refractivity contribution >= 4 is 17.3 Å². The lowest BCUT2D eigenvalue weighted by molar-refractivity contribution is 0.708. The van der Waals surface area contributed by atoms with E-state index in [1.807, 2.05) is 6.92 Å². The Balaban J connectivity index is 3.03. The Hall–Kier alpha value is -1.03. The van der Waals surface area contributed by atoms with Gasteiger partial charge in [-0.05, 0) is 6.42 Å². The molecule has 0 aromatic carbocycles. The Morgan fingerprint density at radius 1 is 1.69 bits per heavy atom. The van der Waals surface area contributed by atoms with Gasteiger partial charge in [0.15, 0.2) is 0 Å². The van der Waals surface area contributed by atoms with Crippen molar-refractivity contribution in [2.75, 3.05) is 11.9 Å². The summed E-state index contributed by atoms with van der Waals surface area (Å²) in [5.41, 5.74) is 0.238. The van der Waals surface area contributed by atoms with Gasteiger partial charge in [0.05, 0.1) is 11.2 Å². The average molecular weight is 202 g/mol. The van der Waals surface area contributed by atoms with Gasteiger partial charge in [-0.15, -0.1) is 0 Å². The van der Waals surface area contributed by atoms with Crippen LogP contribution in [0.15, 0.2) is 11.0 Å². The van der Waals surface area contributed by atoms with E-state index < -0.39 is 0 Å². The van der Waals surface area contributed by atoms with Crippen molar-refractivity contribution in [1.29, 1.82) is 0 Å². The zero-order valence-corrected chi connectivity index (χ0v) is 8.43. The number of aromatic nitrogens is 2. The lowest BCUT2D eigenvalue weighted by atomic mass is 10.4. The highest BCUT2D eigenvalue weighted by Gasteiger charge is 2.05. The van der Waals surface area contributed by atoms with Gasteiger partial charge in [0.1, 0.15) is 5.69 Å². The summed E-state index contributed by atoms with van der Waals surface area (Å²) in [5, 5.41) is 7.12. The third-order valence-electron chi connectivity index (χ3n) is 1.64. The summed E-state index contributed by atoms with van der Waals surface area (Å²) >= 11 is 5.80. The van der Waals surface area contributed by atoms with E-state index in [4.69, 9.17) is 11.6 Å². The molecule has 0 aliphatic rings. The Bertz CT molecular complexity index is 348. The van der Waals surface area contributed by atoms with E-state index in [-0.39, 0.29) is 5.56 Å². The Morgan fingerprint density at radius 2 is 2.38 bits per heavy atom. The second-order valence-corrected chi connectivity index (χ2v) is 3.13. The first-order chi connectivity index (χ1) is 6.16. The first-order valence-corrected chi connectivity index (χ1v) is 4.50. The fraction of sp³-hybridized carbons (Fsp3) is 0.500. The number of nitrogens with one attached hydrogen (secondary N) is 1. The molecule has 72 valence electrons. The highest BCUT2D eigenvalue weighted by atomic mass is 35.5. The van der Waals surface area contributed by atoms with Crippen molar-refractivity contribution in [3.8, 4) is 0 Å². The van der Waals surface area contributed by atoms with Gasteiger partial charge in [0.25, 0.3) is 5.56 Å². The Kier molecular flexibility index (Phi) is 3.31. The van der Waals surface area contributed by atoms with Crippen molar-refractivity contribution in [3.05, 3.63) is 21.6 Å².